The molecule has 0 radical (unpaired) electrons. The van der Waals surface area contributed by atoms with Gasteiger partial charge in [-0.25, -0.2) is 0 Å². The van der Waals surface area contributed by atoms with E-state index in [0.717, 1.165) is 61.8 Å². The number of Topliss-reactive ketones (excluding diaryl/α,β-unsaturated/α-hetero) is 1. The maximum absolute atomic E-state index is 13.1. The van der Waals surface area contributed by atoms with Gasteiger partial charge >= 0.3 is 0 Å². The first-order valence-electron chi connectivity index (χ1n) is 10.6. The SMILES string of the molecule is Cc1cc2c(c3c1C(=O)/C(=C/c1ccccc1Cl)O3)CN(CCN1CCOCC1)CO2. The van der Waals surface area contributed by atoms with Crippen molar-refractivity contribution < 1.29 is 19.0 Å². The molecule has 2 aromatic carbocycles. The Hall–Kier alpha value is -2.38. The van der Waals surface area contributed by atoms with E-state index < -0.39 is 0 Å². The van der Waals surface area contributed by atoms with Crippen molar-refractivity contribution in [3.63, 3.8) is 0 Å². The fraction of sp³-hybridized carbons (Fsp3) is 0.375. The van der Waals surface area contributed by atoms with Crippen molar-refractivity contribution >= 4 is 23.5 Å². The second kappa shape index (κ2) is 8.63. The van der Waals surface area contributed by atoms with Crippen molar-refractivity contribution in [3.8, 4) is 11.5 Å². The molecular weight excluding hydrogens is 416 g/mol. The Kier molecular flexibility index (Phi) is 5.71. The molecule has 0 saturated carbocycles. The molecule has 0 spiro atoms. The molecule has 0 atom stereocenters. The summed E-state index contributed by atoms with van der Waals surface area (Å²) in [4.78, 5) is 17.8. The van der Waals surface area contributed by atoms with Gasteiger partial charge in [-0.15, -0.1) is 0 Å². The second-order valence-electron chi connectivity index (χ2n) is 8.12. The van der Waals surface area contributed by atoms with Gasteiger partial charge in [-0.05, 0) is 36.3 Å². The highest BCUT2D eigenvalue weighted by atomic mass is 35.5. The lowest BCUT2D eigenvalue weighted by Gasteiger charge is -2.33. The van der Waals surface area contributed by atoms with Crippen LogP contribution in [0.25, 0.3) is 6.08 Å². The molecule has 6 nitrogen and oxygen atoms in total. The number of hydrogen-bond donors (Lipinski definition) is 0. The summed E-state index contributed by atoms with van der Waals surface area (Å²) in [6, 6.07) is 9.37. The van der Waals surface area contributed by atoms with Crippen LogP contribution in [0, 0.1) is 6.92 Å². The van der Waals surface area contributed by atoms with Crippen molar-refractivity contribution in [1.82, 2.24) is 9.80 Å². The van der Waals surface area contributed by atoms with Gasteiger partial charge < -0.3 is 14.2 Å². The van der Waals surface area contributed by atoms with Crippen LogP contribution < -0.4 is 9.47 Å². The van der Waals surface area contributed by atoms with E-state index in [1.54, 1.807) is 12.1 Å². The van der Waals surface area contributed by atoms with Gasteiger partial charge in [0.2, 0.25) is 5.78 Å². The molecule has 0 N–H and O–H groups in total. The molecule has 0 aliphatic carbocycles. The van der Waals surface area contributed by atoms with Crippen LogP contribution in [-0.2, 0) is 11.3 Å². The molecule has 0 amide bonds. The fourth-order valence-electron chi connectivity index (χ4n) is 4.26. The van der Waals surface area contributed by atoms with Crippen molar-refractivity contribution in [2.75, 3.05) is 46.1 Å². The van der Waals surface area contributed by atoms with E-state index in [2.05, 4.69) is 9.80 Å². The normalized spacial score (nSPS) is 20.3. The highest BCUT2D eigenvalue weighted by Gasteiger charge is 2.35. The van der Waals surface area contributed by atoms with Crippen molar-refractivity contribution in [3.05, 3.63) is 63.4 Å². The highest BCUT2D eigenvalue weighted by molar-refractivity contribution is 6.32. The summed E-state index contributed by atoms with van der Waals surface area (Å²) in [5, 5.41) is 0.582. The Morgan fingerprint density at radius 1 is 1.13 bits per heavy atom. The largest absolute Gasteiger partial charge is 0.478 e. The summed E-state index contributed by atoms with van der Waals surface area (Å²) in [5.74, 6) is 1.60. The molecule has 2 aromatic rings. The van der Waals surface area contributed by atoms with Crippen molar-refractivity contribution in [2.24, 2.45) is 0 Å². The number of hydrogen-bond acceptors (Lipinski definition) is 6. The third kappa shape index (κ3) is 4.08. The van der Waals surface area contributed by atoms with E-state index in [9.17, 15) is 4.79 Å². The van der Waals surface area contributed by atoms with Crippen molar-refractivity contribution in [2.45, 2.75) is 13.5 Å². The molecule has 0 aromatic heterocycles. The minimum absolute atomic E-state index is 0.111. The summed E-state index contributed by atoms with van der Waals surface area (Å²) >= 11 is 6.28. The van der Waals surface area contributed by atoms with Crippen LogP contribution in [0.3, 0.4) is 0 Å². The van der Waals surface area contributed by atoms with Crippen LogP contribution in [-0.4, -0.2) is 61.7 Å². The molecule has 3 heterocycles. The number of halogens is 1. The van der Waals surface area contributed by atoms with Crippen LogP contribution in [0.15, 0.2) is 36.1 Å². The Morgan fingerprint density at radius 3 is 2.71 bits per heavy atom. The van der Waals surface area contributed by atoms with E-state index in [1.807, 2.05) is 31.2 Å². The number of nitrogens with zero attached hydrogens (tertiary/aromatic N) is 2. The average Bonchev–Trinajstić information content (AvgIpc) is 3.12. The molecule has 31 heavy (non-hydrogen) atoms. The van der Waals surface area contributed by atoms with Crippen LogP contribution in [0.5, 0.6) is 11.5 Å². The topological polar surface area (TPSA) is 51.2 Å². The Bertz CT molecular complexity index is 1050. The fourth-order valence-corrected chi connectivity index (χ4v) is 4.45. The number of fused-ring (bicyclic) bond motifs is 3. The zero-order valence-corrected chi connectivity index (χ0v) is 18.3. The van der Waals surface area contributed by atoms with Crippen LogP contribution in [0.2, 0.25) is 5.02 Å². The molecule has 5 rings (SSSR count). The maximum atomic E-state index is 13.1. The number of carbonyl (C=O) groups excluding carboxylic acids is 1. The molecule has 0 unspecified atom stereocenters. The van der Waals surface area contributed by atoms with Gasteiger partial charge in [0.15, 0.2) is 5.76 Å². The number of benzene rings is 2. The molecule has 0 bridgehead atoms. The van der Waals surface area contributed by atoms with E-state index in [4.69, 9.17) is 25.8 Å². The predicted molar refractivity (Wildman–Crippen MR) is 119 cm³/mol. The lowest BCUT2D eigenvalue weighted by molar-refractivity contribution is 0.0239. The van der Waals surface area contributed by atoms with Gasteiger partial charge in [-0.2, -0.15) is 0 Å². The van der Waals surface area contributed by atoms with Gasteiger partial charge in [0, 0.05) is 37.7 Å². The lowest BCUT2D eigenvalue weighted by atomic mass is 9.98. The standard InChI is InChI=1S/C24H25ClN2O4/c1-16-12-20-18(14-27(15-30-20)7-6-26-8-10-29-11-9-26)24-22(16)23(28)21(31-24)13-17-4-2-3-5-19(17)25/h2-5,12-13H,6-11,14-15H2,1H3/b21-13-. The molecule has 3 aliphatic heterocycles. The zero-order chi connectivity index (χ0) is 21.4. The second-order valence-corrected chi connectivity index (χ2v) is 8.52. The predicted octanol–water partition coefficient (Wildman–Crippen LogP) is 3.75. The third-order valence-electron chi connectivity index (χ3n) is 6.02. The smallest absolute Gasteiger partial charge is 0.232 e. The van der Waals surface area contributed by atoms with Gasteiger partial charge in [0.05, 0.1) is 24.3 Å². The Morgan fingerprint density at radius 2 is 1.90 bits per heavy atom. The third-order valence-corrected chi connectivity index (χ3v) is 6.36. The summed E-state index contributed by atoms with van der Waals surface area (Å²) in [7, 11) is 0. The van der Waals surface area contributed by atoms with Gasteiger partial charge in [0.1, 0.15) is 18.2 Å². The number of ketones is 1. The maximum Gasteiger partial charge on any atom is 0.232 e. The monoisotopic (exact) mass is 440 g/mol. The molecular formula is C24H25ClN2O4. The number of rotatable bonds is 4. The number of ether oxygens (including phenoxy) is 3. The van der Waals surface area contributed by atoms with Gasteiger partial charge in [-0.1, -0.05) is 29.8 Å². The van der Waals surface area contributed by atoms with Gasteiger partial charge in [0.25, 0.3) is 0 Å². The first-order valence-corrected chi connectivity index (χ1v) is 11.0. The first kappa shape index (κ1) is 20.5. The van der Waals surface area contributed by atoms with Gasteiger partial charge in [-0.3, -0.25) is 14.6 Å². The molecule has 1 fully saturated rings. The summed E-state index contributed by atoms with van der Waals surface area (Å²) < 4.78 is 17.6. The number of allylic oxidation sites excluding steroid dienone is 1. The average molecular weight is 441 g/mol. The molecule has 1 saturated heterocycles. The lowest BCUT2D eigenvalue weighted by Crippen LogP contribution is -2.43. The highest BCUT2D eigenvalue weighted by Crippen LogP contribution is 2.44. The molecule has 3 aliphatic rings. The molecule has 162 valence electrons. The molecule has 7 heteroatoms. The van der Waals surface area contributed by atoms with Crippen LogP contribution in [0.1, 0.15) is 27.0 Å². The number of carbonyl (C=O) groups is 1. The number of aryl methyl sites for hydroxylation is 1. The van der Waals surface area contributed by atoms with Crippen LogP contribution in [0.4, 0.5) is 0 Å². The minimum atomic E-state index is -0.111. The summed E-state index contributed by atoms with van der Waals surface area (Å²) in [6.45, 7) is 8.52. The minimum Gasteiger partial charge on any atom is -0.478 e. The van der Waals surface area contributed by atoms with E-state index in [1.165, 1.54) is 0 Å². The zero-order valence-electron chi connectivity index (χ0n) is 17.5. The Labute approximate surface area is 186 Å². The summed E-state index contributed by atoms with van der Waals surface area (Å²) in [6.07, 6.45) is 1.72. The Balaban J connectivity index is 1.38. The van der Waals surface area contributed by atoms with E-state index in [0.29, 0.717) is 35.4 Å². The quantitative estimate of drug-likeness (QED) is 0.675. The van der Waals surface area contributed by atoms with Crippen molar-refractivity contribution in [1.29, 1.82) is 0 Å². The van der Waals surface area contributed by atoms with Crippen LogP contribution >= 0.6 is 11.6 Å². The number of morpholine rings is 1. The van der Waals surface area contributed by atoms with E-state index >= 15 is 0 Å². The summed E-state index contributed by atoms with van der Waals surface area (Å²) in [5.41, 5.74) is 3.18. The first-order chi connectivity index (χ1) is 15.1. The van der Waals surface area contributed by atoms with E-state index in [-0.39, 0.29) is 5.78 Å².